The molecule has 0 radical (unpaired) electrons. The molecular weight excluding hydrogens is 238 g/mol. The Bertz CT molecular complexity index is 561. The van der Waals surface area contributed by atoms with Crippen molar-refractivity contribution in [1.29, 1.82) is 10.7 Å². The summed E-state index contributed by atoms with van der Waals surface area (Å²) < 4.78 is 5.70. The third-order valence-electron chi connectivity index (χ3n) is 2.58. The van der Waals surface area contributed by atoms with E-state index in [-0.39, 0.29) is 5.92 Å². The molecule has 0 spiro atoms. The van der Waals surface area contributed by atoms with Crippen molar-refractivity contribution >= 4 is 5.71 Å². The molecule has 0 atom stereocenters. The molecule has 0 amide bonds. The minimum atomic E-state index is 0.0220. The molecule has 1 aromatic carbocycles. The lowest BCUT2D eigenvalue weighted by Gasteiger charge is -2.15. The van der Waals surface area contributed by atoms with Crippen LogP contribution in [0.5, 0.6) is 5.75 Å². The Morgan fingerprint density at radius 1 is 1.37 bits per heavy atom. The van der Waals surface area contributed by atoms with Crippen molar-refractivity contribution in [3.8, 4) is 11.8 Å². The van der Waals surface area contributed by atoms with E-state index in [1.165, 1.54) is 0 Å². The largest absolute Gasteiger partial charge is 0.454 e. The maximum Gasteiger partial charge on any atom is 0.166 e. The summed E-state index contributed by atoms with van der Waals surface area (Å²) in [4.78, 5) is 0. The second kappa shape index (κ2) is 6.05. The molecular formula is C15H19N3O. The van der Waals surface area contributed by atoms with Gasteiger partial charge in [0.25, 0.3) is 0 Å². The molecule has 0 aromatic heterocycles. The summed E-state index contributed by atoms with van der Waals surface area (Å²) >= 11 is 0. The molecule has 0 aliphatic heterocycles. The highest BCUT2D eigenvalue weighted by molar-refractivity contribution is 5.98. The lowest BCUT2D eigenvalue weighted by molar-refractivity contribution is 0.441. The predicted molar refractivity (Wildman–Crippen MR) is 76.0 cm³/mol. The topological polar surface area (TPSA) is 82.9 Å². The van der Waals surface area contributed by atoms with Crippen LogP contribution in [0.4, 0.5) is 0 Å². The van der Waals surface area contributed by atoms with E-state index in [1.807, 2.05) is 26.8 Å². The molecule has 3 N–H and O–H groups in total. The third kappa shape index (κ3) is 3.85. The minimum absolute atomic E-state index is 0.0220. The van der Waals surface area contributed by atoms with E-state index in [2.05, 4.69) is 6.07 Å². The number of hydrogen-bond donors (Lipinski definition) is 2. The van der Waals surface area contributed by atoms with Crippen LogP contribution in [0.25, 0.3) is 0 Å². The number of aryl methyl sites for hydroxylation is 1. The van der Waals surface area contributed by atoms with Crippen molar-refractivity contribution in [1.82, 2.24) is 0 Å². The lowest BCUT2D eigenvalue weighted by atomic mass is 10.1. The molecule has 4 heteroatoms. The Balaban J connectivity index is 3.13. The lowest BCUT2D eigenvalue weighted by Crippen LogP contribution is -2.18. The van der Waals surface area contributed by atoms with Crippen LogP contribution in [0, 0.1) is 29.6 Å². The number of nitriles is 1. The highest BCUT2D eigenvalue weighted by Crippen LogP contribution is 2.21. The number of rotatable bonds is 4. The zero-order chi connectivity index (χ0) is 14.6. The summed E-state index contributed by atoms with van der Waals surface area (Å²) in [6.07, 6.45) is 0. The summed E-state index contributed by atoms with van der Waals surface area (Å²) in [7, 11) is 0. The average Bonchev–Trinajstić information content (AvgIpc) is 2.33. The molecule has 19 heavy (non-hydrogen) atoms. The van der Waals surface area contributed by atoms with Crippen molar-refractivity contribution in [3.63, 3.8) is 0 Å². The Morgan fingerprint density at radius 2 is 2.00 bits per heavy atom. The van der Waals surface area contributed by atoms with E-state index in [4.69, 9.17) is 21.1 Å². The second-order valence-corrected chi connectivity index (χ2v) is 4.83. The number of ether oxygens (including phenoxy) is 1. The molecule has 100 valence electrons. The van der Waals surface area contributed by atoms with Crippen LogP contribution in [0.15, 0.2) is 29.7 Å². The van der Waals surface area contributed by atoms with Gasteiger partial charge in [0.05, 0.1) is 23.0 Å². The highest BCUT2D eigenvalue weighted by atomic mass is 16.5. The zero-order valence-corrected chi connectivity index (χ0v) is 11.7. The number of nitrogens with zero attached hydrogens (tertiary/aromatic N) is 1. The highest BCUT2D eigenvalue weighted by Gasteiger charge is 2.14. The molecule has 0 aliphatic rings. The van der Waals surface area contributed by atoms with Crippen LogP contribution < -0.4 is 10.5 Å². The van der Waals surface area contributed by atoms with Crippen LogP contribution in [0.3, 0.4) is 0 Å². The number of allylic oxidation sites excluding steroid dienone is 2. The Kier molecular flexibility index (Phi) is 4.71. The molecule has 0 fully saturated rings. The Labute approximate surface area is 114 Å². The van der Waals surface area contributed by atoms with Gasteiger partial charge in [0.15, 0.2) is 5.76 Å². The van der Waals surface area contributed by atoms with Gasteiger partial charge in [-0.05, 0) is 43.5 Å². The summed E-state index contributed by atoms with van der Waals surface area (Å²) in [5.74, 6) is 0.917. The van der Waals surface area contributed by atoms with Gasteiger partial charge in [0.2, 0.25) is 0 Å². The Hall–Kier alpha value is -2.28. The van der Waals surface area contributed by atoms with Crippen LogP contribution >= 0.6 is 0 Å². The zero-order valence-electron chi connectivity index (χ0n) is 11.7. The predicted octanol–water partition coefficient (Wildman–Crippen LogP) is 3.11. The first-order valence-corrected chi connectivity index (χ1v) is 6.10. The smallest absolute Gasteiger partial charge is 0.166 e. The van der Waals surface area contributed by atoms with Gasteiger partial charge in [-0.1, -0.05) is 13.8 Å². The fraction of sp³-hybridized carbons (Fsp3) is 0.333. The fourth-order valence-corrected chi connectivity index (χ4v) is 1.60. The van der Waals surface area contributed by atoms with Crippen molar-refractivity contribution in [2.75, 3.05) is 0 Å². The van der Waals surface area contributed by atoms with E-state index in [9.17, 15) is 0 Å². The summed E-state index contributed by atoms with van der Waals surface area (Å²) in [6, 6.07) is 7.32. The molecule has 0 heterocycles. The monoisotopic (exact) mass is 257 g/mol. The quantitative estimate of drug-likeness (QED) is 0.642. The maximum atomic E-state index is 8.94. The first kappa shape index (κ1) is 14.8. The molecule has 0 aliphatic carbocycles. The van der Waals surface area contributed by atoms with Crippen LogP contribution in [0.1, 0.15) is 31.9 Å². The van der Waals surface area contributed by atoms with E-state index in [0.717, 1.165) is 5.56 Å². The fourth-order valence-electron chi connectivity index (χ4n) is 1.60. The number of nitrogens with one attached hydrogen (secondary N) is 1. The maximum absolute atomic E-state index is 8.94. The number of nitrogens with two attached hydrogens (primary N) is 1. The van der Waals surface area contributed by atoms with Crippen LogP contribution in [-0.4, -0.2) is 5.71 Å². The SMILES string of the molecule is C/C(N)=C(\Oc1cc(C)cc(C#N)c1)C(=N)C(C)C. The summed E-state index contributed by atoms with van der Waals surface area (Å²) in [5.41, 5.74) is 8.04. The van der Waals surface area contributed by atoms with Gasteiger partial charge >= 0.3 is 0 Å². The first-order valence-electron chi connectivity index (χ1n) is 6.10. The van der Waals surface area contributed by atoms with Gasteiger partial charge < -0.3 is 15.9 Å². The second-order valence-electron chi connectivity index (χ2n) is 4.83. The van der Waals surface area contributed by atoms with Crippen LogP contribution in [0.2, 0.25) is 0 Å². The van der Waals surface area contributed by atoms with Crippen molar-refractivity contribution in [2.24, 2.45) is 11.7 Å². The molecule has 0 saturated heterocycles. The molecule has 1 aromatic rings. The third-order valence-corrected chi connectivity index (χ3v) is 2.58. The van der Waals surface area contributed by atoms with Gasteiger partial charge in [-0.25, -0.2) is 0 Å². The molecule has 0 bridgehead atoms. The van der Waals surface area contributed by atoms with E-state index in [1.54, 1.807) is 19.1 Å². The van der Waals surface area contributed by atoms with Crippen molar-refractivity contribution in [3.05, 3.63) is 40.8 Å². The van der Waals surface area contributed by atoms with Gasteiger partial charge in [-0.2, -0.15) is 5.26 Å². The molecule has 0 unspecified atom stereocenters. The van der Waals surface area contributed by atoms with Crippen molar-refractivity contribution in [2.45, 2.75) is 27.7 Å². The van der Waals surface area contributed by atoms with E-state index in [0.29, 0.717) is 28.5 Å². The normalized spacial score (nSPS) is 11.8. The standard InChI is InChI=1S/C15H19N3O/c1-9(2)14(18)15(11(4)17)19-13-6-10(3)5-12(7-13)8-16/h5-7,9,18H,17H2,1-4H3/b15-11+,18-14?. The average molecular weight is 257 g/mol. The van der Waals surface area contributed by atoms with Crippen molar-refractivity contribution < 1.29 is 4.74 Å². The molecule has 0 saturated carbocycles. The van der Waals surface area contributed by atoms with Gasteiger partial charge in [0.1, 0.15) is 5.75 Å². The summed E-state index contributed by atoms with van der Waals surface area (Å²) in [6.45, 7) is 7.41. The van der Waals surface area contributed by atoms with E-state index >= 15 is 0 Å². The van der Waals surface area contributed by atoms with Gasteiger partial charge in [0, 0.05) is 0 Å². The van der Waals surface area contributed by atoms with E-state index < -0.39 is 0 Å². The minimum Gasteiger partial charge on any atom is -0.454 e. The molecule has 1 rings (SSSR count). The van der Waals surface area contributed by atoms with Crippen LogP contribution in [-0.2, 0) is 0 Å². The molecule has 4 nitrogen and oxygen atoms in total. The first-order chi connectivity index (χ1) is 8.85. The number of benzene rings is 1. The Morgan fingerprint density at radius 3 is 2.47 bits per heavy atom. The number of hydrogen-bond acceptors (Lipinski definition) is 4. The summed E-state index contributed by atoms with van der Waals surface area (Å²) in [5, 5.41) is 16.9. The van der Waals surface area contributed by atoms with Gasteiger partial charge in [-0.3, -0.25) is 0 Å². The van der Waals surface area contributed by atoms with Gasteiger partial charge in [-0.15, -0.1) is 0 Å².